The van der Waals surface area contributed by atoms with Crippen LogP contribution in [0.15, 0.2) is 41.5 Å². The van der Waals surface area contributed by atoms with Crippen LogP contribution in [0.25, 0.3) is 6.08 Å². The van der Waals surface area contributed by atoms with Gasteiger partial charge in [0.2, 0.25) is 0 Å². The van der Waals surface area contributed by atoms with Crippen LogP contribution in [0.5, 0.6) is 0 Å². The van der Waals surface area contributed by atoms with E-state index in [4.69, 9.17) is 21.1 Å². The molecule has 0 amide bonds. The summed E-state index contributed by atoms with van der Waals surface area (Å²) in [6, 6.07) is 7.14. The van der Waals surface area contributed by atoms with Crippen LogP contribution in [-0.4, -0.2) is 25.2 Å². The Labute approximate surface area is 135 Å². The van der Waals surface area contributed by atoms with Gasteiger partial charge in [0.25, 0.3) is 0 Å². The first-order valence-corrected chi connectivity index (χ1v) is 7.35. The molecule has 1 rings (SSSR count). The fourth-order valence-corrected chi connectivity index (χ4v) is 1.86. The summed E-state index contributed by atoms with van der Waals surface area (Å²) >= 11 is 5.84. The Morgan fingerprint density at radius 1 is 1.09 bits per heavy atom. The average Bonchev–Trinajstić information content (AvgIpc) is 2.47. The van der Waals surface area contributed by atoms with Gasteiger partial charge in [0, 0.05) is 11.1 Å². The van der Waals surface area contributed by atoms with Gasteiger partial charge in [-0.3, -0.25) is 0 Å². The lowest BCUT2D eigenvalue weighted by molar-refractivity contribution is -0.140. The van der Waals surface area contributed by atoms with Gasteiger partial charge in [0.1, 0.15) is 0 Å². The van der Waals surface area contributed by atoms with E-state index < -0.39 is 11.9 Å². The van der Waals surface area contributed by atoms with Crippen molar-refractivity contribution in [2.75, 3.05) is 13.2 Å². The Hall–Kier alpha value is -2.07. The first-order valence-electron chi connectivity index (χ1n) is 6.97. The second-order valence-corrected chi connectivity index (χ2v) is 4.85. The summed E-state index contributed by atoms with van der Waals surface area (Å²) in [4.78, 5) is 23.6. The summed E-state index contributed by atoms with van der Waals surface area (Å²) in [5, 5.41) is 0.627. The molecule has 1 aromatic carbocycles. The highest BCUT2D eigenvalue weighted by Crippen LogP contribution is 2.18. The van der Waals surface area contributed by atoms with E-state index in [9.17, 15) is 9.59 Å². The van der Waals surface area contributed by atoms with Crippen molar-refractivity contribution in [1.29, 1.82) is 0 Å². The average molecular weight is 323 g/mol. The van der Waals surface area contributed by atoms with E-state index in [-0.39, 0.29) is 18.8 Å². The van der Waals surface area contributed by atoms with Gasteiger partial charge in [-0.05, 0) is 44.0 Å². The van der Waals surface area contributed by atoms with E-state index in [0.29, 0.717) is 10.6 Å². The Bertz CT molecular complexity index is 585. The van der Waals surface area contributed by atoms with Gasteiger partial charge in [-0.1, -0.05) is 29.8 Å². The number of rotatable bonds is 6. The van der Waals surface area contributed by atoms with Crippen molar-refractivity contribution < 1.29 is 19.1 Å². The van der Waals surface area contributed by atoms with Gasteiger partial charge >= 0.3 is 11.9 Å². The Kier molecular flexibility index (Phi) is 7.40. The normalized spacial score (nSPS) is 12.0. The predicted molar refractivity (Wildman–Crippen MR) is 86.5 cm³/mol. The van der Waals surface area contributed by atoms with Gasteiger partial charge in [0.15, 0.2) is 0 Å². The maximum atomic E-state index is 12.0. The molecule has 0 fully saturated rings. The SMILES string of the molecule is CCOC(=O)/C=C(C(=O)OCC)\C(C)=C\c1ccc(Cl)cc1. The lowest BCUT2D eigenvalue weighted by atomic mass is 10.0. The molecule has 0 bridgehead atoms. The number of hydrogen-bond donors (Lipinski definition) is 0. The third-order valence-electron chi connectivity index (χ3n) is 2.72. The summed E-state index contributed by atoms with van der Waals surface area (Å²) in [5.74, 6) is -1.13. The van der Waals surface area contributed by atoms with Crippen LogP contribution in [0.2, 0.25) is 5.02 Å². The molecule has 0 spiro atoms. The molecular weight excluding hydrogens is 304 g/mol. The molecule has 0 atom stereocenters. The van der Waals surface area contributed by atoms with Gasteiger partial charge in [-0.15, -0.1) is 0 Å². The third kappa shape index (κ3) is 5.74. The largest absolute Gasteiger partial charge is 0.463 e. The number of esters is 2. The third-order valence-corrected chi connectivity index (χ3v) is 2.97. The van der Waals surface area contributed by atoms with Crippen molar-refractivity contribution >= 4 is 29.6 Å². The molecule has 0 aliphatic heterocycles. The van der Waals surface area contributed by atoms with Crippen molar-refractivity contribution in [3.05, 3.63) is 52.1 Å². The van der Waals surface area contributed by atoms with Crippen molar-refractivity contribution in [2.45, 2.75) is 20.8 Å². The Morgan fingerprint density at radius 2 is 1.68 bits per heavy atom. The lowest BCUT2D eigenvalue weighted by Gasteiger charge is -2.08. The molecule has 0 radical (unpaired) electrons. The minimum Gasteiger partial charge on any atom is -0.463 e. The van der Waals surface area contributed by atoms with Crippen LogP contribution >= 0.6 is 11.6 Å². The fraction of sp³-hybridized carbons (Fsp3) is 0.294. The van der Waals surface area contributed by atoms with Crippen LogP contribution in [0, 0.1) is 0 Å². The minimum absolute atomic E-state index is 0.176. The van der Waals surface area contributed by atoms with Crippen molar-refractivity contribution in [3.63, 3.8) is 0 Å². The number of ether oxygens (including phenoxy) is 2. The zero-order chi connectivity index (χ0) is 16.5. The highest BCUT2D eigenvalue weighted by Gasteiger charge is 2.15. The summed E-state index contributed by atoms with van der Waals surface area (Å²) in [5.41, 5.74) is 1.64. The molecule has 0 aliphatic rings. The zero-order valence-electron chi connectivity index (χ0n) is 12.9. The smallest absolute Gasteiger partial charge is 0.338 e. The molecule has 118 valence electrons. The highest BCUT2D eigenvalue weighted by molar-refractivity contribution is 6.30. The Morgan fingerprint density at radius 3 is 2.23 bits per heavy atom. The second kappa shape index (κ2) is 9.05. The summed E-state index contributed by atoms with van der Waals surface area (Å²) < 4.78 is 9.83. The molecule has 4 nitrogen and oxygen atoms in total. The molecule has 0 N–H and O–H groups in total. The molecular formula is C17H19ClO4. The van der Waals surface area contributed by atoms with Crippen LogP contribution < -0.4 is 0 Å². The fourth-order valence-electron chi connectivity index (χ4n) is 1.73. The van der Waals surface area contributed by atoms with Gasteiger partial charge in [0.05, 0.1) is 18.8 Å². The number of benzene rings is 1. The maximum absolute atomic E-state index is 12.0. The van der Waals surface area contributed by atoms with Crippen LogP contribution in [0.1, 0.15) is 26.3 Å². The molecule has 0 aliphatic carbocycles. The lowest BCUT2D eigenvalue weighted by Crippen LogP contribution is -2.12. The van der Waals surface area contributed by atoms with E-state index in [1.807, 2.05) is 12.1 Å². The van der Waals surface area contributed by atoms with E-state index in [0.717, 1.165) is 11.6 Å². The number of carbonyl (C=O) groups excluding carboxylic acids is 2. The molecule has 22 heavy (non-hydrogen) atoms. The first-order chi connectivity index (χ1) is 10.5. The zero-order valence-corrected chi connectivity index (χ0v) is 13.6. The minimum atomic E-state index is -0.575. The van der Waals surface area contributed by atoms with Crippen LogP contribution in [-0.2, 0) is 19.1 Å². The number of hydrogen-bond acceptors (Lipinski definition) is 4. The topological polar surface area (TPSA) is 52.6 Å². The molecule has 0 unspecified atom stereocenters. The Balaban J connectivity index is 3.11. The van der Waals surface area contributed by atoms with Gasteiger partial charge < -0.3 is 9.47 Å². The molecule has 0 heterocycles. The predicted octanol–water partition coefficient (Wildman–Crippen LogP) is 3.80. The highest BCUT2D eigenvalue weighted by atomic mass is 35.5. The molecule has 1 aromatic rings. The number of halogens is 1. The summed E-state index contributed by atoms with van der Waals surface area (Å²) in [6.45, 7) is 5.61. The monoisotopic (exact) mass is 322 g/mol. The quantitative estimate of drug-likeness (QED) is 0.454. The van der Waals surface area contributed by atoms with Crippen molar-refractivity contribution in [1.82, 2.24) is 0 Å². The summed E-state index contributed by atoms with van der Waals surface area (Å²) in [6.07, 6.45) is 2.93. The summed E-state index contributed by atoms with van der Waals surface area (Å²) in [7, 11) is 0. The van der Waals surface area contributed by atoms with Crippen LogP contribution in [0.4, 0.5) is 0 Å². The standard InChI is InChI=1S/C17H19ClO4/c1-4-21-16(19)11-15(17(20)22-5-2)12(3)10-13-6-8-14(18)9-7-13/h6-11H,4-5H2,1-3H3/b12-10+,15-11+. The van der Waals surface area contributed by atoms with Crippen LogP contribution in [0.3, 0.4) is 0 Å². The maximum Gasteiger partial charge on any atom is 0.338 e. The first kappa shape index (κ1) is 18.0. The van der Waals surface area contributed by atoms with E-state index in [2.05, 4.69) is 0 Å². The van der Waals surface area contributed by atoms with Crippen molar-refractivity contribution in [2.24, 2.45) is 0 Å². The van der Waals surface area contributed by atoms with Gasteiger partial charge in [-0.25, -0.2) is 9.59 Å². The van der Waals surface area contributed by atoms with E-state index >= 15 is 0 Å². The van der Waals surface area contributed by atoms with Crippen molar-refractivity contribution in [3.8, 4) is 0 Å². The number of carbonyl (C=O) groups is 2. The second-order valence-electron chi connectivity index (χ2n) is 4.41. The molecule has 0 aromatic heterocycles. The van der Waals surface area contributed by atoms with E-state index in [1.54, 1.807) is 39.0 Å². The van der Waals surface area contributed by atoms with Gasteiger partial charge in [-0.2, -0.15) is 0 Å². The molecule has 0 saturated carbocycles. The molecule has 5 heteroatoms. The van der Waals surface area contributed by atoms with E-state index in [1.165, 1.54) is 0 Å². The molecule has 0 saturated heterocycles.